The summed E-state index contributed by atoms with van der Waals surface area (Å²) in [6.45, 7) is 2.68. The van der Waals surface area contributed by atoms with Crippen LogP contribution in [0.4, 0.5) is 11.4 Å². The monoisotopic (exact) mass is 343 g/mol. The second kappa shape index (κ2) is 8.70. The number of benzene rings is 1. The molecule has 1 aliphatic heterocycles. The van der Waals surface area contributed by atoms with Crippen molar-refractivity contribution in [3.05, 3.63) is 24.3 Å². The fourth-order valence-electron chi connectivity index (χ4n) is 4.52. The van der Waals surface area contributed by atoms with Gasteiger partial charge in [0.25, 0.3) is 0 Å². The van der Waals surface area contributed by atoms with Crippen LogP contribution in [0.5, 0.6) is 0 Å². The highest BCUT2D eigenvalue weighted by Crippen LogP contribution is 2.32. The molecule has 0 bridgehead atoms. The lowest BCUT2D eigenvalue weighted by atomic mass is 9.80. The van der Waals surface area contributed by atoms with E-state index in [1.165, 1.54) is 51.4 Å². The smallest absolute Gasteiger partial charge is 0.240 e. The summed E-state index contributed by atoms with van der Waals surface area (Å²) in [6, 6.07) is 7.52. The number of nitrogens with two attached hydrogens (primary N) is 1. The van der Waals surface area contributed by atoms with E-state index in [4.69, 9.17) is 5.73 Å². The number of hydrogen-bond acceptors (Lipinski definition) is 3. The predicted octanol–water partition coefficient (Wildman–Crippen LogP) is 3.91. The Hall–Kier alpha value is -1.55. The normalized spacial score (nSPS) is 22.7. The van der Waals surface area contributed by atoms with Gasteiger partial charge in [-0.25, -0.2) is 0 Å². The van der Waals surface area contributed by atoms with Gasteiger partial charge in [0.2, 0.25) is 5.91 Å². The minimum Gasteiger partial charge on any atom is -0.399 e. The summed E-state index contributed by atoms with van der Waals surface area (Å²) in [5.74, 6) is 1.89. The van der Waals surface area contributed by atoms with Crippen molar-refractivity contribution in [3.8, 4) is 0 Å². The number of amides is 1. The van der Waals surface area contributed by atoms with Crippen molar-refractivity contribution in [1.82, 2.24) is 4.90 Å². The van der Waals surface area contributed by atoms with Crippen LogP contribution in [0, 0.1) is 11.8 Å². The van der Waals surface area contributed by atoms with Gasteiger partial charge in [-0.05, 0) is 61.9 Å². The molecule has 4 nitrogen and oxygen atoms in total. The van der Waals surface area contributed by atoms with Gasteiger partial charge in [-0.3, -0.25) is 9.69 Å². The van der Waals surface area contributed by atoms with Crippen molar-refractivity contribution >= 4 is 17.3 Å². The Morgan fingerprint density at radius 1 is 1.08 bits per heavy atom. The molecular weight excluding hydrogens is 310 g/mol. The molecule has 2 aliphatic rings. The Morgan fingerprint density at radius 2 is 1.76 bits per heavy atom. The number of hydrogen-bond donors (Lipinski definition) is 1. The summed E-state index contributed by atoms with van der Waals surface area (Å²) >= 11 is 0. The van der Waals surface area contributed by atoms with E-state index in [-0.39, 0.29) is 5.91 Å². The Kier molecular flexibility index (Phi) is 6.35. The Labute approximate surface area is 152 Å². The summed E-state index contributed by atoms with van der Waals surface area (Å²) < 4.78 is 0. The zero-order valence-corrected chi connectivity index (χ0v) is 15.6. The highest BCUT2D eigenvalue weighted by Gasteiger charge is 2.26. The third-order valence-corrected chi connectivity index (χ3v) is 6.01. The topological polar surface area (TPSA) is 49.6 Å². The third kappa shape index (κ3) is 5.21. The van der Waals surface area contributed by atoms with Crippen LogP contribution in [0.15, 0.2) is 24.3 Å². The Bertz CT molecular complexity index is 551. The molecule has 0 spiro atoms. The summed E-state index contributed by atoms with van der Waals surface area (Å²) in [5, 5.41) is 0. The van der Waals surface area contributed by atoms with E-state index in [1.807, 2.05) is 31.3 Å². The molecule has 2 fully saturated rings. The molecule has 4 heteroatoms. The lowest BCUT2D eigenvalue weighted by Gasteiger charge is -2.35. The second-order valence-corrected chi connectivity index (χ2v) is 8.03. The van der Waals surface area contributed by atoms with Gasteiger partial charge in [-0.1, -0.05) is 32.1 Å². The van der Waals surface area contributed by atoms with Crippen molar-refractivity contribution in [1.29, 1.82) is 0 Å². The maximum absolute atomic E-state index is 12.6. The zero-order chi connectivity index (χ0) is 17.6. The van der Waals surface area contributed by atoms with Gasteiger partial charge >= 0.3 is 0 Å². The molecule has 25 heavy (non-hydrogen) atoms. The molecule has 1 atom stereocenters. The summed E-state index contributed by atoms with van der Waals surface area (Å²) in [4.78, 5) is 16.8. The van der Waals surface area contributed by atoms with Crippen LogP contribution in [0.3, 0.4) is 0 Å². The molecule has 1 saturated carbocycles. The van der Waals surface area contributed by atoms with Crippen molar-refractivity contribution in [2.45, 2.75) is 51.4 Å². The molecule has 1 unspecified atom stereocenters. The fraction of sp³-hybridized carbons (Fsp3) is 0.667. The third-order valence-electron chi connectivity index (χ3n) is 6.01. The quantitative estimate of drug-likeness (QED) is 0.825. The molecule has 1 heterocycles. The van der Waals surface area contributed by atoms with Crippen LogP contribution in [-0.4, -0.2) is 37.5 Å². The molecule has 1 aromatic carbocycles. The summed E-state index contributed by atoms with van der Waals surface area (Å²) in [6.07, 6.45) is 11.1. The van der Waals surface area contributed by atoms with Crippen molar-refractivity contribution < 1.29 is 4.79 Å². The standard InChI is InChI=1S/C21H33N3O/c1-23(20-11-9-19(22)10-12-20)21(25)16-24-13-5-8-18(15-24)14-17-6-3-2-4-7-17/h9-12,17-18H,2-8,13-16,22H2,1H3. The van der Waals surface area contributed by atoms with Crippen LogP contribution >= 0.6 is 0 Å². The minimum absolute atomic E-state index is 0.170. The predicted molar refractivity (Wildman–Crippen MR) is 105 cm³/mol. The first-order valence-electron chi connectivity index (χ1n) is 9.96. The van der Waals surface area contributed by atoms with Crippen molar-refractivity contribution in [2.75, 3.05) is 37.3 Å². The molecule has 1 aliphatic carbocycles. The molecule has 138 valence electrons. The minimum atomic E-state index is 0.170. The van der Waals surface area contributed by atoms with Gasteiger partial charge in [0.05, 0.1) is 6.54 Å². The van der Waals surface area contributed by atoms with E-state index in [2.05, 4.69) is 4.90 Å². The van der Waals surface area contributed by atoms with Gasteiger partial charge < -0.3 is 10.6 Å². The molecule has 3 rings (SSSR count). The number of anilines is 2. The van der Waals surface area contributed by atoms with E-state index < -0.39 is 0 Å². The molecule has 0 radical (unpaired) electrons. The number of rotatable bonds is 5. The van der Waals surface area contributed by atoms with E-state index in [0.29, 0.717) is 6.54 Å². The maximum atomic E-state index is 12.6. The molecular formula is C21H33N3O. The number of likely N-dealkylation sites (tertiary alicyclic amines) is 1. The zero-order valence-electron chi connectivity index (χ0n) is 15.6. The Balaban J connectivity index is 1.49. The molecule has 1 saturated heterocycles. The molecule has 2 N–H and O–H groups in total. The molecule has 1 aromatic rings. The Morgan fingerprint density at radius 3 is 2.48 bits per heavy atom. The van der Waals surface area contributed by atoms with Gasteiger partial charge in [0.15, 0.2) is 0 Å². The second-order valence-electron chi connectivity index (χ2n) is 8.03. The maximum Gasteiger partial charge on any atom is 0.240 e. The lowest BCUT2D eigenvalue weighted by Crippen LogP contribution is -2.43. The number of nitrogens with zero attached hydrogens (tertiary/aromatic N) is 2. The van der Waals surface area contributed by atoms with Gasteiger partial charge in [-0.2, -0.15) is 0 Å². The van der Waals surface area contributed by atoms with Crippen molar-refractivity contribution in [3.63, 3.8) is 0 Å². The number of piperidine rings is 1. The summed E-state index contributed by atoms with van der Waals surface area (Å²) in [7, 11) is 1.86. The van der Waals surface area contributed by atoms with Crippen LogP contribution < -0.4 is 10.6 Å². The average molecular weight is 344 g/mol. The fourth-order valence-corrected chi connectivity index (χ4v) is 4.52. The first kappa shape index (κ1) is 18.2. The van der Waals surface area contributed by atoms with Crippen LogP contribution in [0.1, 0.15) is 51.4 Å². The highest BCUT2D eigenvalue weighted by atomic mass is 16.2. The number of carbonyl (C=O) groups is 1. The summed E-state index contributed by atoms with van der Waals surface area (Å²) in [5.41, 5.74) is 7.37. The average Bonchev–Trinajstić information content (AvgIpc) is 2.63. The van der Waals surface area contributed by atoms with Gasteiger partial charge in [0, 0.05) is 25.0 Å². The first-order valence-corrected chi connectivity index (χ1v) is 9.96. The van der Waals surface area contributed by atoms with E-state index in [1.54, 1.807) is 4.90 Å². The van der Waals surface area contributed by atoms with Crippen LogP contribution in [-0.2, 0) is 4.79 Å². The largest absolute Gasteiger partial charge is 0.399 e. The van der Waals surface area contributed by atoms with Crippen LogP contribution in [0.2, 0.25) is 0 Å². The number of nitrogen functional groups attached to an aromatic ring is 1. The van der Waals surface area contributed by atoms with E-state index in [9.17, 15) is 4.79 Å². The highest BCUT2D eigenvalue weighted by molar-refractivity contribution is 5.94. The van der Waals surface area contributed by atoms with E-state index >= 15 is 0 Å². The van der Waals surface area contributed by atoms with Crippen molar-refractivity contribution in [2.24, 2.45) is 11.8 Å². The number of carbonyl (C=O) groups excluding carboxylic acids is 1. The van der Waals surface area contributed by atoms with Crippen LogP contribution in [0.25, 0.3) is 0 Å². The van der Waals surface area contributed by atoms with Gasteiger partial charge in [-0.15, -0.1) is 0 Å². The first-order chi connectivity index (χ1) is 12.1. The van der Waals surface area contributed by atoms with E-state index in [0.717, 1.165) is 36.3 Å². The SMILES string of the molecule is CN(C(=O)CN1CCCC(CC2CCCCC2)C1)c1ccc(N)cc1. The lowest BCUT2D eigenvalue weighted by molar-refractivity contribution is -0.119. The number of likely N-dealkylation sites (N-methyl/N-ethyl adjacent to an activating group) is 1. The molecule has 0 aromatic heterocycles. The van der Waals surface area contributed by atoms with Gasteiger partial charge in [0.1, 0.15) is 0 Å². The molecule has 1 amide bonds.